The van der Waals surface area contributed by atoms with Crippen LogP contribution in [0.5, 0.6) is 0 Å². The quantitative estimate of drug-likeness (QED) is 0.613. The molecule has 1 rings (SSSR count). The van der Waals surface area contributed by atoms with Crippen LogP contribution in [-0.4, -0.2) is 60.9 Å². The Kier molecular flexibility index (Phi) is 4.71. The molecule has 0 spiro atoms. The van der Waals surface area contributed by atoms with Crippen molar-refractivity contribution in [3.8, 4) is 0 Å². The smallest absolute Gasteiger partial charge is 0.240 e. The lowest BCUT2D eigenvalue weighted by Crippen LogP contribution is -2.52. The molecule has 0 unspecified atom stereocenters. The minimum atomic E-state index is -0.189. The summed E-state index contributed by atoms with van der Waals surface area (Å²) in [5.41, 5.74) is 0. The topological polar surface area (TPSA) is 52.6 Å². The molecule has 0 aromatic carbocycles. The second kappa shape index (κ2) is 5.82. The van der Waals surface area contributed by atoms with Gasteiger partial charge < -0.3 is 4.90 Å². The van der Waals surface area contributed by atoms with E-state index in [1.54, 1.807) is 0 Å². The molecule has 2 amide bonds. The van der Waals surface area contributed by atoms with Crippen LogP contribution in [0.3, 0.4) is 0 Å². The van der Waals surface area contributed by atoms with Gasteiger partial charge in [0.25, 0.3) is 0 Å². The van der Waals surface area contributed by atoms with Crippen molar-refractivity contribution in [3.05, 3.63) is 0 Å². The van der Waals surface area contributed by atoms with Crippen LogP contribution in [0.15, 0.2) is 0 Å². The Morgan fingerprint density at radius 1 is 1.20 bits per heavy atom. The van der Waals surface area contributed by atoms with Crippen molar-refractivity contribution in [2.75, 3.05) is 39.3 Å². The Morgan fingerprint density at radius 3 is 2.20 bits per heavy atom. The molecule has 1 fully saturated rings. The molecule has 0 aromatic heterocycles. The lowest BCUT2D eigenvalue weighted by atomic mass is 10.3. The summed E-state index contributed by atoms with van der Waals surface area (Å²) < 4.78 is 0. The zero-order valence-corrected chi connectivity index (χ0v) is 9.45. The molecule has 0 bridgehead atoms. The van der Waals surface area contributed by atoms with Crippen molar-refractivity contribution in [1.29, 1.82) is 0 Å². The molecule has 1 aliphatic heterocycles. The molecule has 0 aromatic rings. The fourth-order valence-corrected chi connectivity index (χ4v) is 1.68. The molecule has 0 radical (unpaired) electrons. The third-order valence-electron chi connectivity index (χ3n) is 2.64. The minimum Gasteiger partial charge on any atom is -0.303 e. The number of carbonyl (C=O) groups is 2. The number of carbonyl (C=O) groups excluding carboxylic acids is 2. The first-order chi connectivity index (χ1) is 7.15. The number of piperazine rings is 1. The van der Waals surface area contributed by atoms with Crippen LogP contribution in [0.4, 0.5) is 0 Å². The van der Waals surface area contributed by atoms with E-state index in [9.17, 15) is 9.59 Å². The summed E-state index contributed by atoms with van der Waals surface area (Å²) in [7, 11) is 0. The Bertz CT molecular complexity index is 223. The Morgan fingerprint density at radius 2 is 1.73 bits per heavy atom. The summed E-state index contributed by atoms with van der Waals surface area (Å²) >= 11 is 0. The summed E-state index contributed by atoms with van der Waals surface area (Å²) in [6.07, 6.45) is 0. The predicted molar refractivity (Wildman–Crippen MR) is 57.4 cm³/mol. The van der Waals surface area contributed by atoms with Crippen LogP contribution in [0.1, 0.15) is 13.8 Å². The van der Waals surface area contributed by atoms with E-state index < -0.39 is 0 Å². The SMILES string of the molecule is CCN(CC)CCN1CC(=O)NC(=O)C1. The van der Waals surface area contributed by atoms with Crippen molar-refractivity contribution >= 4 is 11.8 Å². The second-order valence-corrected chi connectivity index (χ2v) is 3.71. The van der Waals surface area contributed by atoms with Crippen LogP contribution in [0.25, 0.3) is 0 Å². The number of nitrogens with zero attached hydrogens (tertiary/aromatic N) is 2. The molecule has 0 aliphatic carbocycles. The van der Waals surface area contributed by atoms with Gasteiger partial charge in [-0.15, -0.1) is 0 Å². The van der Waals surface area contributed by atoms with Gasteiger partial charge in [-0.2, -0.15) is 0 Å². The van der Waals surface area contributed by atoms with Crippen molar-refractivity contribution < 1.29 is 9.59 Å². The zero-order chi connectivity index (χ0) is 11.3. The van der Waals surface area contributed by atoms with E-state index >= 15 is 0 Å². The van der Waals surface area contributed by atoms with Gasteiger partial charge in [0, 0.05) is 13.1 Å². The maximum atomic E-state index is 11.1. The van der Waals surface area contributed by atoms with Gasteiger partial charge in [-0.1, -0.05) is 13.8 Å². The summed E-state index contributed by atoms with van der Waals surface area (Å²) in [5, 5.41) is 2.29. The van der Waals surface area contributed by atoms with E-state index in [0.29, 0.717) is 13.1 Å². The molecule has 15 heavy (non-hydrogen) atoms. The number of likely N-dealkylation sites (N-methyl/N-ethyl adjacent to an activating group) is 1. The number of amides is 2. The number of nitrogens with one attached hydrogen (secondary N) is 1. The van der Waals surface area contributed by atoms with Gasteiger partial charge in [-0.25, -0.2) is 0 Å². The number of hydrogen-bond acceptors (Lipinski definition) is 4. The molecule has 0 atom stereocenters. The molecule has 1 aliphatic rings. The van der Waals surface area contributed by atoms with Gasteiger partial charge in [0.1, 0.15) is 0 Å². The zero-order valence-electron chi connectivity index (χ0n) is 9.45. The van der Waals surface area contributed by atoms with E-state index in [-0.39, 0.29) is 11.8 Å². The lowest BCUT2D eigenvalue weighted by molar-refractivity contribution is -0.136. The van der Waals surface area contributed by atoms with E-state index in [1.165, 1.54) is 0 Å². The normalized spacial score (nSPS) is 18.3. The molecule has 1 heterocycles. The predicted octanol–water partition coefficient (Wildman–Crippen LogP) is -0.713. The van der Waals surface area contributed by atoms with E-state index in [2.05, 4.69) is 24.1 Å². The molecule has 86 valence electrons. The first-order valence-electron chi connectivity index (χ1n) is 5.43. The van der Waals surface area contributed by atoms with Crippen molar-refractivity contribution in [1.82, 2.24) is 15.1 Å². The average molecular weight is 213 g/mol. The van der Waals surface area contributed by atoms with Gasteiger partial charge in [-0.05, 0) is 13.1 Å². The highest BCUT2D eigenvalue weighted by Gasteiger charge is 2.21. The maximum Gasteiger partial charge on any atom is 0.240 e. The fourth-order valence-electron chi connectivity index (χ4n) is 1.68. The van der Waals surface area contributed by atoms with Crippen LogP contribution < -0.4 is 5.32 Å². The molecule has 1 saturated heterocycles. The van der Waals surface area contributed by atoms with Crippen LogP contribution >= 0.6 is 0 Å². The molecule has 5 heteroatoms. The third kappa shape index (κ3) is 3.97. The van der Waals surface area contributed by atoms with Crippen LogP contribution in [-0.2, 0) is 9.59 Å². The van der Waals surface area contributed by atoms with Gasteiger partial charge in [0.15, 0.2) is 0 Å². The highest BCUT2D eigenvalue weighted by molar-refractivity contribution is 5.99. The second-order valence-electron chi connectivity index (χ2n) is 3.71. The van der Waals surface area contributed by atoms with Crippen molar-refractivity contribution in [2.24, 2.45) is 0 Å². The van der Waals surface area contributed by atoms with Crippen molar-refractivity contribution in [2.45, 2.75) is 13.8 Å². The Hall–Kier alpha value is -0.940. The average Bonchev–Trinajstić information content (AvgIpc) is 2.18. The summed E-state index contributed by atoms with van der Waals surface area (Å²) in [4.78, 5) is 26.3. The first-order valence-corrected chi connectivity index (χ1v) is 5.43. The third-order valence-corrected chi connectivity index (χ3v) is 2.64. The van der Waals surface area contributed by atoms with E-state index in [4.69, 9.17) is 0 Å². The first kappa shape index (κ1) is 12.1. The summed E-state index contributed by atoms with van der Waals surface area (Å²) in [6, 6.07) is 0. The van der Waals surface area contributed by atoms with Gasteiger partial charge in [0.05, 0.1) is 13.1 Å². The van der Waals surface area contributed by atoms with E-state index in [1.807, 2.05) is 4.90 Å². The highest BCUT2D eigenvalue weighted by atomic mass is 16.2. The Balaban J connectivity index is 2.31. The van der Waals surface area contributed by atoms with Crippen LogP contribution in [0, 0.1) is 0 Å². The maximum absolute atomic E-state index is 11.1. The Labute approximate surface area is 90.4 Å². The fraction of sp³-hybridized carbons (Fsp3) is 0.800. The van der Waals surface area contributed by atoms with Gasteiger partial charge in [0.2, 0.25) is 11.8 Å². The standard InChI is InChI=1S/C10H19N3O2/c1-3-12(4-2)5-6-13-7-9(14)11-10(15)8-13/h3-8H2,1-2H3,(H,11,14,15). The monoisotopic (exact) mass is 213 g/mol. The van der Waals surface area contributed by atoms with E-state index in [0.717, 1.165) is 26.2 Å². The van der Waals surface area contributed by atoms with Gasteiger partial charge in [-0.3, -0.25) is 19.8 Å². The molecular formula is C10H19N3O2. The molecule has 5 nitrogen and oxygen atoms in total. The largest absolute Gasteiger partial charge is 0.303 e. The summed E-state index contributed by atoms with van der Waals surface area (Å²) in [5.74, 6) is -0.378. The van der Waals surface area contributed by atoms with Crippen molar-refractivity contribution in [3.63, 3.8) is 0 Å². The van der Waals surface area contributed by atoms with Gasteiger partial charge >= 0.3 is 0 Å². The minimum absolute atomic E-state index is 0.189. The summed E-state index contributed by atoms with van der Waals surface area (Å²) in [6.45, 7) is 8.60. The lowest BCUT2D eigenvalue weighted by Gasteiger charge is -2.27. The number of rotatable bonds is 5. The number of imide groups is 1. The molecule has 0 saturated carbocycles. The molecule has 1 N–H and O–H groups in total. The number of hydrogen-bond donors (Lipinski definition) is 1. The van der Waals surface area contributed by atoms with Crippen LogP contribution in [0.2, 0.25) is 0 Å². The highest BCUT2D eigenvalue weighted by Crippen LogP contribution is 1.96. The molecular weight excluding hydrogens is 194 g/mol.